The van der Waals surface area contributed by atoms with E-state index in [2.05, 4.69) is 5.32 Å². The third kappa shape index (κ3) is 7.28. The van der Waals surface area contributed by atoms with Gasteiger partial charge in [0, 0.05) is 28.2 Å². The van der Waals surface area contributed by atoms with Gasteiger partial charge in [-0.3, -0.25) is 13.9 Å². The van der Waals surface area contributed by atoms with Gasteiger partial charge in [0.2, 0.25) is 11.8 Å². The summed E-state index contributed by atoms with van der Waals surface area (Å²) in [4.78, 5) is 29.4. The number of amides is 2. The Hall–Kier alpha value is -3.07. The molecule has 4 rings (SSSR count). The molecule has 42 heavy (non-hydrogen) atoms. The van der Waals surface area contributed by atoms with Gasteiger partial charge >= 0.3 is 0 Å². The van der Waals surface area contributed by atoms with E-state index < -0.39 is 28.5 Å². The van der Waals surface area contributed by atoms with E-state index in [9.17, 15) is 18.0 Å². The number of hydrogen-bond acceptors (Lipinski definition) is 4. The fourth-order valence-electron chi connectivity index (χ4n) is 5.43. The minimum atomic E-state index is -4.14. The summed E-state index contributed by atoms with van der Waals surface area (Å²) in [5, 5.41) is 3.82. The molecule has 1 atom stereocenters. The molecule has 1 aliphatic rings. The summed E-state index contributed by atoms with van der Waals surface area (Å²) in [6.07, 6.45) is 4.76. The normalized spacial score (nSPS) is 14.4. The summed E-state index contributed by atoms with van der Waals surface area (Å²) >= 11 is 13.0. The molecule has 1 aliphatic carbocycles. The number of carbonyl (C=O) groups excluding carboxylic acids is 2. The first-order valence-electron chi connectivity index (χ1n) is 14.4. The second-order valence-corrected chi connectivity index (χ2v) is 13.1. The highest BCUT2D eigenvalue weighted by Gasteiger charge is 2.35. The molecule has 7 nitrogen and oxygen atoms in total. The number of halogens is 2. The number of nitrogens with zero attached hydrogens (tertiary/aromatic N) is 2. The van der Waals surface area contributed by atoms with Crippen LogP contribution in [0.1, 0.15) is 57.1 Å². The molecule has 224 valence electrons. The van der Waals surface area contributed by atoms with E-state index >= 15 is 0 Å². The second kappa shape index (κ2) is 14.4. The van der Waals surface area contributed by atoms with Gasteiger partial charge in [-0.05, 0) is 61.6 Å². The molecule has 10 heteroatoms. The molecule has 0 spiro atoms. The number of nitrogens with one attached hydrogen (secondary N) is 1. The topological polar surface area (TPSA) is 86.8 Å². The van der Waals surface area contributed by atoms with Gasteiger partial charge in [-0.25, -0.2) is 8.42 Å². The average Bonchev–Trinajstić information content (AvgIpc) is 3.50. The first-order chi connectivity index (χ1) is 20.2. The van der Waals surface area contributed by atoms with E-state index in [0.717, 1.165) is 35.6 Å². The molecule has 1 N–H and O–H groups in total. The first kappa shape index (κ1) is 31.9. The van der Waals surface area contributed by atoms with Gasteiger partial charge in [0.25, 0.3) is 10.0 Å². The van der Waals surface area contributed by atoms with Crippen molar-refractivity contribution in [2.45, 2.75) is 75.9 Å². The van der Waals surface area contributed by atoms with Crippen LogP contribution in [-0.4, -0.2) is 43.8 Å². The van der Waals surface area contributed by atoms with Gasteiger partial charge in [0.05, 0.1) is 10.6 Å². The predicted molar refractivity (Wildman–Crippen MR) is 168 cm³/mol. The average molecular weight is 631 g/mol. The van der Waals surface area contributed by atoms with Gasteiger partial charge in [-0.15, -0.1) is 0 Å². The van der Waals surface area contributed by atoms with Crippen LogP contribution in [0.15, 0.2) is 77.7 Å². The lowest BCUT2D eigenvalue weighted by molar-refractivity contribution is -0.140. The van der Waals surface area contributed by atoms with E-state index in [-0.39, 0.29) is 23.4 Å². The number of hydrogen-bond donors (Lipinski definition) is 1. The summed E-state index contributed by atoms with van der Waals surface area (Å²) in [5.74, 6) is -0.808. The molecule has 0 heterocycles. The van der Waals surface area contributed by atoms with Crippen LogP contribution in [0, 0.1) is 0 Å². The van der Waals surface area contributed by atoms with Crippen LogP contribution in [0.3, 0.4) is 0 Å². The molecule has 0 aromatic heterocycles. The Morgan fingerprint density at radius 3 is 2.14 bits per heavy atom. The summed E-state index contributed by atoms with van der Waals surface area (Å²) in [6, 6.07) is 19.4. The molecule has 2 amide bonds. The lowest BCUT2D eigenvalue weighted by Gasteiger charge is -2.34. The van der Waals surface area contributed by atoms with Crippen molar-refractivity contribution in [3.63, 3.8) is 0 Å². The van der Waals surface area contributed by atoms with E-state index in [4.69, 9.17) is 23.2 Å². The predicted octanol–water partition coefficient (Wildman–Crippen LogP) is 6.62. The molecule has 1 saturated carbocycles. The zero-order valence-corrected chi connectivity index (χ0v) is 26.3. The Kier molecular flexibility index (Phi) is 10.9. The monoisotopic (exact) mass is 629 g/mol. The summed E-state index contributed by atoms with van der Waals surface area (Å²) in [6.45, 7) is 3.20. The molecule has 3 aromatic rings. The molecule has 0 radical (unpaired) electrons. The third-order valence-corrected chi connectivity index (χ3v) is 10.2. The minimum absolute atomic E-state index is 0.0530. The largest absolute Gasteiger partial charge is 0.352 e. The van der Waals surface area contributed by atoms with Gasteiger partial charge in [0.1, 0.15) is 12.6 Å². The van der Waals surface area contributed by atoms with Crippen LogP contribution in [0.2, 0.25) is 10.0 Å². The lowest BCUT2D eigenvalue weighted by Crippen LogP contribution is -2.53. The zero-order valence-electron chi connectivity index (χ0n) is 23.9. The molecular weight excluding hydrogens is 593 g/mol. The minimum Gasteiger partial charge on any atom is -0.352 e. The Labute approximate surface area is 258 Å². The Balaban J connectivity index is 1.77. The third-order valence-electron chi connectivity index (χ3n) is 7.73. The molecule has 0 bridgehead atoms. The maximum absolute atomic E-state index is 14.3. The van der Waals surface area contributed by atoms with Crippen LogP contribution in [0.25, 0.3) is 0 Å². The van der Waals surface area contributed by atoms with Crippen molar-refractivity contribution in [3.05, 3.63) is 94.0 Å². The van der Waals surface area contributed by atoms with Crippen LogP contribution < -0.4 is 9.62 Å². The first-order valence-corrected chi connectivity index (χ1v) is 16.5. The zero-order chi connectivity index (χ0) is 30.3. The molecule has 1 unspecified atom stereocenters. The smallest absolute Gasteiger partial charge is 0.264 e. The highest BCUT2D eigenvalue weighted by atomic mass is 35.5. The Bertz CT molecular complexity index is 1470. The number of para-hydroxylation sites is 1. The summed E-state index contributed by atoms with van der Waals surface area (Å²) in [7, 11) is -4.14. The Morgan fingerprint density at radius 2 is 1.52 bits per heavy atom. The van der Waals surface area contributed by atoms with E-state index in [1.807, 2.05) is 26.0 Å². The van der Waals surface area contributed by atoms with Crippen molar-refractivity contribution in [2.75, 3.05) is 10.8 Å². The molecular formula is C32H37Cl2N3O4S. The van der Waals surface area contributed by atoms with E-state index in [0.29, 0.717) is 34.1 Å². The number of carbonyl (C=O) groups is 2. The summed E-state index contributed by atoms with van der Waals surface area (Å²) < 4.78 is 29.3. The van der Waals surface area contributed by atoms with Crippen molar-refractivity contribution >= 4 is 50.7 Å². The fraction of sp³-hybridized carbons (Fsp3) is 0.375. The molecule has 0 saturated heterocycles. The maximum atomic E-state index is 14.3. The van der Waals surface area contributed by atoms with Crippen LogP contribution in [-0.2, 0) is 32.6 Å². The van der Waals surface area contributed by atoms with Gasteiger partial charge in [0.15, 0.2) is 0 Å². The lowest BCUT2D eigenvalue weighted by atomic mass is 10.1. The highest BCUT2D eigenvalue weighted by molar-refractivity contribution is 7.92. The molecule has 1 fully saturated rings. The van der Waals surface area contributed by atoms with Crippen LogP contribution in [0.4, 0.5) is 5.69 Å². The number of benzene rings is 3. The van der Waals surface area contributed by atoms with E-state index in [1.165, 1.54) is 17.0 Å². The number of aryl methyl sites for hydroxylation is 1. The van der Waals surface area contributed by atoms with Gasteiger partial charge in [-0.2, -0.15) is 0 Å². The Morgan fingerprint density at radius 1 is 0.905 bits per heavy atom. The van der Waals surface area contributed by atoms with Crippen LogP contribution >= 0.6 is 23.2 Å². The molecule has 0 aliphatic heterocycles. The van der Waals surface area contributed by atoms with Crippen molar-refractivity contribution in [3.8, 4) is 0 Å². The number of rotatable bonds is 12. The van der Waals surface area contributed by atoms with Gasteiger partial charge in [-0.1, -0.05) is 92.4 Å². The van der Waals surface area contributed by atoms with E-state index in [1.54, 1.807) is 48.5 Å². The molecule has 3 aromatic carbocycles. The standard InChI is InChI=1S/C32H37Cl2N3O4S/c1-3-23-13-8-11-20-30(23)37(42(40,41)25-16-6-5-7-17-25)22-31(38)36(21-26-27(33)18-12-19-28(26)34)29(4-2)32(39)35-24-14-9-10-15-24/h5-8,11-13,16-20,24,29H,3-4,9-10,14-15,21-22H2,1-2H3,(H,35,39). The van der Waals surface area contributed by atoms with Gasteiger partial charge < -0.3 is 10.2 Å². The summed E-state index contributed by atoms with van der Waals surface area (Å²) in [5.41, 5.74) is 1.68. The number of sulfonamides is 1. The number of anilines is 1. The van der Waals surface area contributed by atoms with Crippen molar-refractivity contribution in [1.82, 2.24) is 10.2 Å². The highest BCUT2D eigenvalue weighted by Crippen LogP contribution is 2.30. The fourth-order valence-corrected chi connectivity index (χ4v) is 7.42. The maximum Gasteiger partial charge on any atom is 0.264 e. The van der Waals surface area contributed by atoms with Crippen LogP contribution in [0.5, 0.6) is 0 Å². The van der Waals surface area contributed by atoms with Crippen molar-refractivity contribution < 1.29 is 18.0 Å². The quantitative estimate of drug-likeness (QED) is 0.244. The van der Waals surface area contributed by atoms with Crippen molar-refractivity contribution in [2.24, 2.45) is 0 Å². The SMILES string of the molecule is CCc1ccccc1N(CC(=O)N(Cc1c(Cl)cccc1Cl)C(CC)C(=O)NC1CCCC1)S(=O)(=O)c1ccccc1. The van der Waals surface area contributed by atoms with Crippen molar-refractivity contribution in [1.29, 1.82) is 0 Å². The second-order valence-electron chi connectivity index (χ2n) is 10.4.